The van der Waals surface area contributed by atoms with Gasteiger partial charge < -0.3 is 20.1 Å². The normalized spacial score (nSPS) is 35.4. The van der Waals surface area contributed by atoms with Gasteiger partial charge in [-0.25, -0.2) is 0 Å². The van der Waals surface area contributed by atoms with Crippen LogP contribution in [0.4, 0.5) is 0 Å². The minimum Gasteiger partial charge on any atom is -0.394 e. The summed E-state index contributed by atoms with van der Waals surface area (Å²) < 4.78 is 5.29. The monoisotopic (exact) mass is 228 g/mol. The van der Waals surface area contributed by atoms with E-state index in [1.807, 2.05) is 0 Å². The first kappa shape index (κ1) is 11.8. The van der Waals surface area contributed by atoms with Gasteiger partial charge in [0.05, 0.1) is 25.9 Å². The molecule has 2 N–H and O–H groups in total. The zero-order valence-electron chi connectivity index (χ0n) is 9.69. The number of aliphatic hydroxyl groups excluding tert-OH is 1. The predicted octanol–water partition coefficient (Wildman–Crippen LogP) is -0.796. The lowest BCUT2D eigenvalue weighted by Crippen LogP contribution is -2.54. The number of nitrogens with zero attached hydrogens (tertiary/aromatic N) is 1. The average molecular weight is 228 g/mol. The summed E-state index contributed by atoms with van der Waals surface area (Å²) in [7, 11) is 0. The van der Waals surface area contributed by atoms with Crippen LogP contribution in [0.1, 0.15) is 13.3 Å². The Morgan fingerprint density at radius 1 is 1.62 bits per heavy atom. The van der Waals surface area contributed by atoms with Crippen molar-refractivity contribution < 1.29 is 14.6 Å². The third kappa shape index (κ3) is 2.21. The molecule has 0 bridgehead atoms. The fourth-order valence-corrected chi connectivity index (χ4v) is 2.48. The van der Waals surface area contributed by atoms with Crippen molar-refractivity contribution in [2.75, 3.05) is 32.9 Å². The molecule has 3 atom stereocenters. The molecule has 0 aromatic rings. The lowest BCUT2D eigenvalue weighted by molar-refractivity contribution is -0.138. The summed E-state index contributed by atoms with van der Waals surface area (Å²) in [5, 5.41) is 12.5. The van der Waals surface area contributed by atoms with Gasteiger partial charge in [-0.2, -0.15) is 0 Å². The van der Waals surface area contributed by atoms with E-state index in [1.54, 1.807) is 4.90 Å². The summed E-state index contributed by atoms with van der Waals surface area (Å²) >= 11 is 0. The SMILES string of the molecule is CC1CCN(C(=O)C2COCCN2)C1CO. The van der Waals surface area contributed by atoms with Crippen molar-refractivity contribution in [3.05, 3.63) is 0 Å². The highest BCUT2D eigenvalue weighted by atomic mass is 16.5. The maximum atomic E-state index is 12.2. The van der Waals surface area contributed by atoms with E-state index >= 15 is 0 Å². The van der Waals surface area contributed by atoms with Crippen LogP contribution in [0.2, 0.25) is 0 Å². The Kier molecular flexibility index (Phi) is 3.78. The van der Waals surface area contributed by atoms with Gasteiger partial charge in [0, 0.05) is 13.1 Å². The van der Waals surface area contributed by atoms with Crippen LogP contribution in [0.5, 0.6) is 0 Å². The summed E-state index contributed by atoms with van der Waals surface area (Å²) in [6, 6.07) is -0.246. The first-order chi connectivity index (χ1) is 7.74. The Morgan fingerprint density at radius 3 is 3.06 bits per heavy atom. The van der Waals surface area contributed by atoms with Crippen molar-refractivity contribution >= 4 is 5.91 Å². The van der Waals surface area contributed by atoms with E-state index < -0.39 is 0 Å². The summed E-state index contributed by atoms with van der Waals surface area (Å²) in [5.41, 5.74) is 0. The van der Waals surface area contributed by atoms with Crippen LogP contribution in [-0.2, 0) is 9.53 Å². The number of carbonyl (C=O) groups is 1. The molecule has 5 heteroatoms. The zero-order valence-corrected chi connectivity index (χ0v) is 9.69. The van der Waals surface area contributed by atoms with Crippen molar-refractivity contribution in [2.24, 2.45) is 5.92 Å². The lowest BCUT2D eigenvalue weighted by atomic mass is 10.0. The maximum Gasteiger partial charge on any atom is 0.242 e. The molecule has 92 valence electrons. The number of hydrogen-bond donors (Lipinski definition) is 2. The number of carbonyl (C=O) groups excluding carboxylic acids is 1. The minimum atomic E-state index is -0.229. The van der Waals surface area contributed by atoms with E-state index in [1.165, 1.54) is 0 Å². The molecule has 2 saturated heterocycles. The highest BCUT2D eigenvalue weighted by Crippen LogP contribution is 2.24. The third-order valence-electron chi connectivity index (χ3n) is 3.57. The molecule has 2 aliphatic heterocycles. The zero-order chi connectivity index (χ0) is 11.5. The highest BCUT2D eigenvalue weighted by Gasteiger charge is 2.37. The first-order valence-electron chi connectivity index (χ1n) is 5.96. The van der Waals surface area contributed by atoms with E-state index in [9.17, 15) is 9.90 Å². The number of hydrogen-bond acceptors (Lipinski definition) is 4. The van der Waals surface area contributed by atoms with Crippen molar-refractivity contribution in [3.8, 4) is 0 Å². The molecular weight excluding hydrogens is 208 g/mol. The molecule has 2 rings (SSSR count). The molecule has 0 spiro atoms. The van der Waals surface area contributed by atoms with E-state index in [0.717, 1.165) is 19.5 Å². The molecule has 1 amide bonds. The Hall–Kier alpha value is -0.650. The van der Waals surface area contributed by atoms with Gasteiger partial charge in [-0.15, -0.1) is 0 Å². The van der Waals surface area contributed by atoms with Crippen molar-refractivity contribution in [1.82, 2.24) is 10.2 Å². The molecule has 2 heterocycles. The fourth-order valence-electron chi connectivity index (χ4n) is 2.48. The van der Waals surface area contributed by atoms with Gasteiger partial charge in [0.25, 0.3) is 0 Å². The number of rotatable bonds is 2. The van der Waals surface area contributed by atoms with Crippen LogP contribution in [0.25, 0.3) is 0 Å². The molecule has 3 unspecified atom stereocenters. The minimum absolute atomic E-state index is 0.0174. The Bertz CT molecular complexity index is 254. The second kappa shape index (κ2) is 5.12. The average Bonchev–Trinajstić information content (AvgIpc) is 2.70. The number of ether oxygens (including phenoxy) is 1. The van der Waals surface area contributed by atoms with E-state index in [2.05, 4.69) is 12.2 Å². The Labute approximate surface area is 95.8 Å². The van der Waals surface area contributed by atoms with Crippen LogP contribution in [-0.4, -0.2) is 60.9 Å². The van der Waals surface area contributed by atoms with Crippen molar-refractivity contribution in [3.63, 3.8) is 0 Å². The van der Waals surface area contributed by atoms with Gasteiger partial charge in [-0.3, -0.25) is 4.79 Å². The number of morpholine rings is 1. The van der Waals surface area contributed by atoms with Crippen LogP contribution in [0.3, 0.4) is 0 Å². The van der Waals surface area contributed by atoms with E-state index in [4.69, 9.17) is 4.74 Å². The lowest BCUT2D eigenvalue weighted by Gasteiger charge is -2.31. The second-order valence-corrected chi connectivity index (χ2v) is 4.63. The van der Waals surface area contributed by atoms with Crippen LogP contribution in [0, 0.1) is 5.92 Å². The third-order valence-corrected chi connectivity index (χ3v) is 3.57. The van der Waals surface area contributed by atoms with Crippen molar-refractivity contribution in [2.45, 2.75) is 25.4 Å². The van der Waals surface area contributed by atoms with Gasteiger partial charge >= 0.3 is 0 Å². The summed E-state index contributed by atoms with van der Waals surface area (Å²) in [4.78, 5) is 14.0. The number of aliphatic hydroxyl groups is 1. The first-order valence-corrected chi connectivity index (χ1v) is 5.96. The van der Waals surface area contributed by atoms with Gasteiger partial charge in [-0.05, 0) is 12.3 Å². The number of amides is 1. The summed E-state index contributed by atoms with van der Waals surface area (Å²) in [6.07, 6.45) is 0.977. The number of nitrogens with one attached hydrogen (secondary N) is 1. The topological polar surface area (TPSA) is 61.8 Å². The molecule has 16 heavy (non-hydrogen) atoms. The maximum absolute atomic E-state index is 12.2. The molecular formula is C11H20N2O3. The van der Waals surface area contributed by atoms with E-state index in [-0.39, 0.29) is 24.6 Å². The largest absolute Gasteiger partial charge is 0.394 e. The van der Waals surface area contributed by atoms with Crippen LogP contribution < -0.4 is 5.32 Å². The second-order valence-electron chi connectivity index (χ2n) is 4.63. The van der Waals surface area contributed by atoms with E-state index in [0.29, 0.717) is 19.1 Å². The standard InChI is InChI=1S/C11H20N2O3/c1-8-2-4-13(10(8)6-14)11(15)9-7-16-5-3-12-9/h8-10,12,14H,2-7H2,1H3. The Balaban J connectivity index is 1.97. The fraction of sp³-hybridized carbons (Fsp3) is 0.909. The molecule has 0 aromatic heterocycles. The van der Waals surface area contributed by atoms with Gasteiger partial charge in [-0.1, -0.05) is 6.92 Å². The van der Waals surface area contributed by atoms with Crippen LogP contribution >= 0.6 is 0 Å². The smallest absolute Gasteiger partial charge is 0.242 e. The summed E-state index contributed by atoms with van der Waals surface area (Å²) in [6.45, 7) is 4.73. The van der Waals surface area contributed by atoms with Crippen molar-refractivity contribution in [1.29, 1.82) is 0 Å². The molecule has 5 nitrogen and oxygen atoms in total. The molecule has 2 aliphatic rings. The summed E-state index contributed by atoms with van der Waals surface area (Å²) in [5.74, 6) is 0.460. The quantitative estimate of drug-likeness (QED) is 0.650. The van der Waals surface area contributed by atoms with Gasteiger partial charge in [0.1, 0.15) is 6.04 Å². The van der Waals surface area contributed by atoms with Gasteiger partial charge in [0.15, 0.2) is 0 Å². The van der Waals surface area contributed by atoms with Crippen LogP contribution in [0.15, 0.2) is 0 Å². The molecule has 2 fully saturated rings. The number of likely N-dealkylation sites (tertiary alicyclic amines) is 1. The van der Waals surface area contributed by atoms with Gasteiger partial charge in [0.2, 0.25) is 5.91 Å². The molecule has 0 saturated carbocycles. The molecule has 0 aliphatic carbocycles. The molecule has 0 aromatic carbocycles. The predicted molar refractivity (Wildman–Crippen MR) is 59.0 cm³/mol. The Morgan fingerprint density at radius 2 is 2.44 bits per heavy atom. The highest BCUT2D eigenvalue weighted by molar-refractivity contribution is 5.82. The molecule has 0 radical (unpaired) electrons.